The summed E-state index contributed by atoms with van der Waals surface area (Å²) in [6.45, 7) is 0.672. The van der Waals surface area contributed by atoms with Crippen LogP contribution < -0.4 is 14.8 Å². The number of anilines is 1. The first-order valence-electron chi connectivity index (χ1n) is 11.6. The van der Waals surface area contributed by atoms with Crippen LogP contribution in [0.15, 0.2) is 60.7 Å². The molecule has 3 aromatic rings. The van der Waals surface area contributed by atoms with Crippen LogP contribution in [0, 0.1) is 0 Å². The van der Waals surface area contributed by atoms with E-state index < -0.39 is 23.7 Å². The number of hydrogen-bond acceptors (Lipinski definition) is 8. The number of ether oxygens (including phenoxy) is 4. The lowest BCUT2D eigenvalue weighted by Gasteiger charge is -2.42. The fraction of sp³-hybridized carbons (Fsp3) is 0.259. The molecule has 3 aliphatic heterocycles. The highest BCUT2D eigenvalue weighted by Crippen LogP contribution is 2.53. The lowest BCUT2D eigenvalue weighted by atomic mass is 9.84. The molecule has 36 heavy (non-hydrogen) atoms. The van der Waals surface area contributed by atoms with Gasteiger partial charge in [-0.15, -0.1) is 5.06 Å². The number of rotatable bonds is 5. The normalized spacial score (nSPS) is 22.3. The molecule has 184 valence electrons. The maximum absolute atomic E-state index is 13.0. The van der Waals surface area contributed by atoms with E-state index >= 15 is 0 Å². The van der Waals surface area contributed by atoms with Crippen molar-refractivity contribution in [3.63, 3.8) is 0 Å². The minimum absolute atomic E-state index is 0.0637. The second-order valence-electron chi connectivity index (χ2n) is 8.68. The van der Waals surface area contributed by atoms with Crippen LogP contribution in [0.3, 0.4) is 0 Å². The number of fused-ring (bicyclic) bond motifs is 4. The fourth-order valence-corrected chi connectivity index (χ4v) is 5.28. The van der Waals surface area contributed by atoms with Gasteiger partial charge in [0.25, 0.3) is 5.91 Å². The van der Waals surface area contributed by atoms with E-state index in [1.807, 2.05) is 18.2 Å². The summed E-state index contributed by atoms with van der Waals surface area (Å²) < 4.78 is 22.8. The van der Waals surface area contributed by atoms with Crippen molar-refractivity contribution in [3.8, 4) is 11.5 Å². The zero-order valence-electron chi connectivity index (χ0n) is 19.8. The molecule has 0 spiro atoms. The van der Waals surface area contributed by atoms with Crippen molar-refractivity contribution in [1.29, 1.82) is 0 Å². The summed E-state index contributed by atoms with van der Waals surface area (Å²) in [4.78, 5) is 31.8. The van der Waals surface area contributed by atoms with E-state index in [9.17, 15) is 9.59 Å². The topological polar surface area (TPSA) is 95.6 Å². The first kappa shape index (κ1) is 22.5. The predicted molar refractivity (Wildman–Crippen MR) is 128 cm³/mol. The number of amides is 1. The Morgan fingerprint density at radius 3 is 2.78 bits per heavy atom. The fourth-order valence-electron chi connectivity index (χ4n) is 5.28. The van der Waals surface area contributed by atoms with Gasteiger partial charge in [-0.3, -0.25) is 9.63 Å². The summed E-state index contributed by atoms with van der Waals surface area (Å²) in [7, 11) is 2.98. The van der Waals surface area contributed by atoms with E-state index in [0.717, 1.165) is 17.5 Å². The molecule has 0 saturated carbocycles. The highest BCUT2D eigenvalue weighted by Gasteiger charge is 2.59. The Kier molecular flexibility index (Phi) is 5.40. The van der Waals surface area contributed by atoms with Gasteiger partial charge in [0.1, 0.15) is 0 Å². The van der Waals surface area contributed by atoms with E-state index in [2.05, 4.69) is 11.4 Å². The minimum atomic E-state index is -1.07. The maximum Gasteiger partial charge on any atom is 0.339 e. The van der Waals surface area contributed by atoms with Gasteiger partial charge in [-0.05, 0) is 36.2 Å². The van der Waals surface area contributed by atoms with E-state index in [1.54, 1.807) is 41.5 Å². The van der Waals surface area contributed by atoms with Crippen molar-refractivity contribution in [2.45, 2.75) is 18.2 Å². The van der Waals surface area contributed by atoms with Gasteiger partial charge in [0, 0.05) is 23.4 Å². The molecule has 6 rings (SSSR count). The average molecular weight is 488 g/mol. The predicted octanol–water partition coefficient (Wildman–Crippen LogP) is 3.80. The molecule has 3 aliphatic rings. The molecule has 1 amide bonds. The molecule has 0 bridgehead atoms. The highest BCUT2D eigenvalue weighted by molar-refractivity contribution is 6.07. The number of methoxy groups -OCH3 is 2. The number of carbonyl (C=O) groups excluding carboxylic acids is 2. The largest absolute Gasteiger partial charge is 0.493 e. The molecule has 2 unspecified atom stereocenters. The Balaban J connectivity index is 1.34. The molecule has 2 atom stereocenters. The summed E-state index contributed by atoms with van der Waals surface area (Å²) in [5.41, 5.74) is 2.76. The van der Waals surface area contributed by atoms with Gasteiger partial charge in [0.15, 0.2) is 24.4 Å². The monoisotopic (exact) mass is 488 g/mol. The van der Waals surface area contributed by atoms with Gasteiger partial charge >= 0.3 is 5.97 Å². The summed E-state index contributed by atoms with van der Waals surface area (Å²) in [6.07, 6.45) is 0.0697. The average Bonchev–Trinajstić information content (AvgIpc) is 3.50. The summed E-state index contributed by atoms with van der Waals surface area (Å²) in [6, 6.07) is 18.2. The van der Waals surface area contributed by atoms with Crippen LogP contribution in [0.1, 0.15) is 43.5 Å². The second kappa shape index (κ2) is 8.63. The van der Waals surface area contributed by atoms with E-state index in [0.29, 0.717) is 40.4 Å². The van der Waals surface area contributed by atoms with Crippen LogP contribution in [-0.4, -0.2) is 44.5 Å². The van der Waals surface area contributed by atoms with Gasteiger partial charge in [-0.2, -0.15) is 0 Å². The molecule has 1 fully saturated rings. The summed E-state index contributed by atoms with van der Waals surface area (Å²) in [5, 5.41) is 4.61. The van der Waals surface area contributed by atoms with Gasteiger partial charge < -0.3 is 24.3 Å². The number of nitrogens with one attached hydrogen (secondary N) is 1. The smallest absolute Gasteiger partial charge is 0.339 e. The third-order valence-corrected chi connectivity index (χ3v) is 6.89. The van der Waals surface area contributed by atoms with Crippen LogP contribution in [0.5, 0.6) is 11.5 Å². The van der Waals surface area contributed by atoms with Crippen LogP contribution in [0.2, 0.25) is 0 Å². The molecule has 0 aliphatic carbocycles. The van der Waals surface area contributed by atoms with Crippen molar-refractivity contribution < 1.29 is 33.4 Å². The standard InChI is InChI=1S/C27H24N2O7/c1-32-22-9-5-7-19(23(22)33-2)25(30)28-17-10-11-18-20(14-17)26(31)36-24(18)27-21-8-4-3-6-16(21)12-13-29(27)35-15-34-27/h3-11,14,24H,12-13,15H2,1-2H3,(H,28,30). The Bertz CT molecular complexity index is 1370. The number of hydroxylamine groups is 2. The van der Waals surface area contributed by atoms with Gasteiger partial charge in [-0.25, -0.2) is 4.79 Å². The summed E-state index contributed by atoms with van der Waals surface area (Å²) >= 11 is 0. The minimum Gasteiger partial charge on any atom is -0.493 e. The molecule has 9 heteroatoms. The molecule has 3 aromatic carbocycles. The van der Waals surface area contributed by atoms with Gasteiger partial charge in [0.2, 0.25) is 5.72 Å². The number of nitrogens with zero attached hydrogens (tertiary/aromatic N) is 1. The highest BCUT2D eigenvalue weighted by atomic mass is 16.9. The number of hydrogen-bond donors (Lipinski definition) is 1. The maximum atomic E-state index is 13.0. The summed E-state index contributed by atoms with van der Waals surface area (Å²) in [5.74, 6) is -0.113. The quantitative estimate of drug-likeness (QED) is 0.542. The lowest BCUT2D eigenvalue weighted by molar-refractivity contribution is -0.229. The number of esters is 1. The zero-order chi connectivity index (χ0) is 24.9. The Hall–Kier alpha value is -3.92. The van der Waals surface area contributed by atoms with E-state index in [4.69, 9.17) is 23.8 Å². The number of benzene rings is 3. The van der Waals surface area contributed by atoms with Crippen LogP contribution in [-0.2, 0) is 26.5 Å². The SMILES string of the molecule is COc1cccc(C(=O)Nc2ccc3c(c2)C(=O)OC3C23OCON2CCc2ccccc23)c1OC. The van der Waals surface area contributed by atoms with Crippen LogP contribution >= 0.6 is 0 Å². The molecule has 3 heterocycles. The van der Waals surface area contributed by atoms with E-state index in [-0.39, 0.29) is 6.79 Å². The van der Waals surface area contributed by atoms with Crippen molar-refractivity contribution in [2.75, 3.05) is 32.9 Å². The molecular formula is C27H24N2O7. The zero-order valence-corrected chi connectivity index (χ0v) is 19.8. The molecular weight excluding hydrogens is 464 g/mol. The van der Waals surface area contributed by atoms with Crippen molar-refractivity contribution >= 4 is 17.6 Å². The Morgan fingerprint density at radius 1 is 1.08 bits per heavy atom. The van der Waals surface area contributed by atoms with Gasteiger partial charge in [-0.1, -0.05) is 36.4 Å². The number of cyclic esters (lactones) is 1. The lowest BCUT2D eigenvalue weighted by Crippen LogP contribution is -2.50. The third kappa shape index (κ3) is 3.28. The number of carbonyl (C=O) groups is 2. The van der Waals surface area contributed by atoms with Crippen molar-refractivity contribution in [2.24, 2.45) is 0 Å². The van der Waals surface area contributed by atoms with Crippen LogP contribution in [0.25, 0.3) is 0 Å². The first-order chi connectivity index (χ1) is 17.6. The molecule has 1 saturated heterocycles. The molecule has 0 aromatic heterocycles. The van der Waals surface area contributed by atoms with Crippen molar-refractivity contribution in [1.82, 2.24) is 5.06 Å². The molecule has 9 nitrogen and oxygen atoms in total. The van der Waals surface area contributed by atoms with Crippen molar-refractivity contribution in [3.05, 3.63) is 88.5 Å². The first-order valence-corrected chi connectivity index (χ1v) is 11.6. The second-order valence-corrected chi connectivity index (χ2v) is 8.68. The Morgan fingerprint density at radius 2 is 1.94 bits per heavy atom. The molecule has 0 radical (unpaired) electrons. The molecule has 1 N–H and O–H groups in total. The van der Waals surface area contributed by atoms with Crippen LogP contribution in [0.4, 0.5) is 5.69 Å². The number of para-hydroxylation sites is 1. The third-order valence-electron chi connectivity index (χ3n) is 6.89. The van der Waals surface area contributed by atoms with E-state index in [1.165, 1.54) is 14.2 Å². The Labute approximate surface area is 207 Å². The van der Waals surface area contributed by atoms with Gasteiger partial charge in [0.05, 0.1) is 25.3 Å².